The number of carbonyl (C=O) groups is 2. The molecule has 0 radical (unpaired) electrons. The number of hydrogen-bond donors (Lipinski definition) is 2. The molecule has 3 atom stereocenters. The summed E-state index contributed by atoms with van der Waals surface area (Å²) in [7, 11) is -0.900. The maximum absolute atomic E-state index is 13.7. The van der Waals surface area contributed by atoms with Gasteiger partial charge in [0.25, 0.3) is 11.8 Å². The molecule has 1 fully saturated rings. The van der Waals surface area contributed by atoms with Gasteiger partial charge in [0.15, 0.2) is 12.9 Å². The van der Waals surface area contributed by atoms with Crippen LogP contribution in [0.4, 0.5) is 8.78 Å². The Kier molecular flexibility index (Phi) is 8.38. The molecule has 2 aliphatic heterocycles. The number of fused-ring (bicyclic) bond motifs is 2. The van der Waals surface area contributed by atoms with Crippen LogP contribution in [0.3, 0.4) is 0 Å². The van der Waals surface area contributed by atoms with E-state index in [1.54, 1.807) is 65.5 Å². The van der Waals surface area contributed by atoms with E-state index in [1.807, 2.05) is 6.07 Å². The molecular weight excluding hydrogens is 606 g/mol. The summed E-state index contributed by atoms with van der Waals surface area (Å²) >= 11 is 0. The number of rotatable bonds is 9. The van der Waals surface area contributed by atoms with Crippen LogP contribution in [0.2, 0.25) is 0 Å². The van der Waals surface area contributed by atoms with Crippen molar-refractivity contribution < 1.29 is 36.8 Å². The van der Waals surface area contributed by atoms with Gasteiger partial charge in [-0.1, -0.05) is 24.8 Å². The number of nitrogens with zero attached hydrogens (tertiary/aromatic N) is 2. The molecule has 0 saturated carbocycles. The summed E-state index contributed by atoms with van der Waals surface area (Å²) in [4.78, 5) is 25.0. The monoisotopic (exact) mass is 636 g/mol. The van der Waals surface area contributed by atoms with E-state index in [2.05, 4.69) is 22.3 Å². The number of hydrogen-bond acceptors (Lipinski definition) is 7. The van der Waals surface area contributed by atoms with Crippen LogP contribution in [0.1, 0.15) is 40.9 Å². The van der Waals surface area contributed by atoms with Crippen LogP contribution in [0.5, 0.6) is 11.5 Å². The van der Waals surface area contributed by atoms with Crippen LogP contribution < -0.4 is 20.1 Å². The first-order valence-electron chi connectivity index (χ1n) is 14.2. The van der Waals surface area contributed by atoms with Crippen molar-refractivity contribution in [2.45, 2.75) is 38.0 Å². The molecule has 45 heavy (non-hydrogen) atoms. The highest BCUT2D eigenvalue weighted by atomic mass is 32.2. The van der Waals surface area contributed by atoms with E-state index in [-0.39, 0.29) is 24.4 Å². The van der Waals surface area contributed by atoms with Crippen molar-refractivity contribution in [1.82, 2.24) is 20.4 Å². The van der Waals surface area contributed by atoms with Crippen molar-refractivity contribution in [3.8, 4) is 17.2 Å². The molecular formula is C32H30F2N4O6S. The zero-order valence-corrected chi connectivity index (χ0v) is 25.1. The number of ether oxygens (including phenoxy) is 3. The fourth-order valence-corrected chi connectivity index (χ4v) is 6.57. The van der Waals surface area contributed by atoms with Crippen LogP contribution in [0, 0.1) is 0 Å². The Morgan fingerprint density at radius 3 is 2.80 bits per heavy atom. The number of halogens is 2. The van der Waals surface area contributed by atoms with Gasteiger partial charge in [0.2, 0.25) is 0 Å². The van der Waals surface area contributed by atoms with Crippen molar-refractivity contribution in [3.63, 3.8) is 0 Å². The van der Waals surface area contributed by atoms with E-state index >= 15 is 0 Å². The molecule has 2 N–H and O–H groups in total. The maximum atomic E-state index is 13.7. The molecule has 3 heterocycles. The number of aromatic nitrogens is 2. The van der Waals surface area contributed by atoms with Gasteiger partial charge >= 0.3 is 5.92 Å². The maximum Gasteiger partial charge on any atom is 0.322 e. The molecule has 1 aromatic heterocycles. The van der Waals surface area contributed by atoms with Gasteiger partial charge in [-0.3, -0.25) is 13.8 Å². The Bertz CT molecular complexity index is 1820. The number of alkyl halides is 2. The SMILES string of the molecule is C=C(NC(=O)C(C)(F)F)[C@H](Oc1ccc2c(cnn2-c2cccc(C(=O)N[C@H]3CCS(=O)C3)c2)c1)c1ccc2c(c1)OCOC2. The molecule has 13 heteroatoms. The average Bonchev–Trinajstić information content (AvgIpc) is 3.64. The lowest BCUT2D eigenvalue weighted by atomic mass is 10.0. The molecule has 4 aromatic rings. The van der Waals surface area contributed by atoms with Crippen molar-refractivity contribution in [2.75, 3.05) is 18.3 Å². The highest BCUT2D eigenvalue weighted by Gasteiger charge is 2.34. The zero-order valence-electron chi connectivity index (χ0n) is 24.3. The normalized spacial score (nSPS) is 18.5. The van der Waals surface area contributed by atoms with Gasteiger partial charge in [0, 0.05) is 57.3 Å². The summed E-state index contributed by atoms with van der Waals surface area (Å²) in [6.07, 6.45) is 1.29. The van der Waals surface area contributed by atoms with Crippen LogP contribution in [0.25, 0.3) is 16.6 Å². The molecule has 0 spiro atoms. The summed E-state index contributed by atoms with van der Waals surface area (Å²) in [5, 5.41) is 10.3. The average molecular weight is 637 g/mol. The highest BCUT2D eigenvalue weighted by molar-refractivity contribution is 7.85. The minimum atomic E-state index is -3.62. The molecule has 2 amide bonds. The van der Waals surface area contributed by atoms with E-state index in [0.717, 1.165) is 11.1 Å². The van der Waals surface area contributed by atoms with Crippen LogP contribution in [-0.2, 0) is 26.9 Å². The van der Waals surface area contributed by atoms with Crippen LogP contribution >= 0.6 is 0 Å². The second kappa shape index (κ2) is 12.4. The lowest BCUT2D eigenvalue weighted by Crippen LogP contribution is -2.39. The minimum absolute atomic E-state index is 0.0681. The standard InChI is InChI=1S/C32H30F2N4O6S/c1-19(36-31(40)32(2,33)34)29(20-6-7-22-16-42-18-43-28(22)14-20)44-26-8-9-27-23(13-26)15-35-38(27)25-5-3-4-21(12-25)30(39)37-24-10-11-45(41)17-24/h3-9,12-15,24,29H,1,10-11,16-18H2,2H3,(H,36,40)(H,37,39)/t24-,29-,45?/m0/s1. The first kappa shape index (κ1) is 30.4. The van der Waals surface area contributed by atoms with Crippen molar-refractivity contribution in [1.29, 1.82) is 0 Å². The molecule has 1 unspecified atom stereocenters. The predicted molar refractivity (Wildman–Crippen MR) is 163 cm³/mol. The molecule has 1 saturated heterocycles. The Morgan fingerprint density at radius 2 is 2.02 bits per heavy atom. The smallest absolute Gasteiger partial charge is 0.322 e. The molecule has 10 nitrogen and oxygen atoms in total. The summed E-state index contributed by atoms with van der Waals surface area (Å²) in [6.45, 7) is 4.77. The van der Waals surface area contributed by atoms with Gasteiger partial charge in [0.05, 0.1) is 29.7 Å². The molecule has 3 aromatic carbocycles. The van der Waals surface area contributed by atoms with Crippen molar-refractivity contribution in [2.24, 2.45) is 0 Å². The third-order valence-corrected chi connectivity index (χ3v) is 8.97. The summed E-state index contributed by atoms with van der Waals surface area (Å²) in [6, 6.07) is 17.3. The Hall–Kier alpha value is -4.62. The largest absolute Gasteiger partial charge is 0.479 e. The van der Waals surface area contributed by atoms with Gasteiger partial charge in [-0.15, -0.1) is 0 Å². The van der Waals surface area contributed by atoms with Crippen LogP contribution in [0.15, 0.2) is 79.1 Å². The third-order valence-electron chi connectivity index (χ3n) is 7.50. The number of benzene rings is 3. The van der Waals surface area contributed by atoms with E-state index in [4.69, 9.17) is 14.2 Å². The Morgan fingerprint density at radius 1 is 1.18 bits per heavy atom. The van der Waals surface area contributed by atoms with E-state index in [1.165, 1.54) is 0 Å². The summed E-state index contributed by atoms with van der Waals surface area (Å²) < 4.78 is 58.0. The van der Waals surface area contributed by atoms with Crippen molar-refractivity contribution in [3.05, 3.63) is 95.8 Å². The number of nitrogens with one attached hydrogen (secondary N) is 2. The third kappa shape index (κ3) is 6.74. The van der Waals surface area contributed by atoms with Gasteiger partial charge in [-0.2, -0.15) is 13.9 Å². The second-order valence-electron chi connectivity index (χ2n) is 10.9. The predicted octanol–water partition coefficient (Wildman–Crippen LogP) is 4.55. The molecule has 2 aliphatic rings. The lowest BCUT2D eigenvalue weighted by Gasteiger charge is -2.25. The zero-order chi connectivity index (χ0) is 31.7. The number of amides is 2. The van der Waals surface area contributed by atoms with Crippen molar-refractivity contribution >= 4 is 33.5 Å². The highest BCUT2D eigenvalue weighted by Crippen LogP contribution is 2.34. The lowest BCUT2D eigenvalue weighted by molar-refractivity contribution is -0.142. The van der Waals surface area contributed by atoms with Gasteiger partial charge < -0.3 is 24.8 Å². The summed E-state index contributed by atoms with van der Waals surface area (Å²) in [5.74, 6) is -3.40. The first-order valence-corrected chi connectivity index (χ1v) is 15.7. The molecule has 234 valence electrons. The van der Waals surface area contributed by atoms with E-state index in [0.29, 0.717) is 65.2 Å². The fraction of sp³-hybridized carbons (Fsp3) is 0.281. The van der Waals surface area contributed by atoms with Crippen LogP contribution in [-0.4, -0.2) is 56.1 Å². The Labute approximate surface area is 259 Å². The summed E-state index contributed by atoms with van der Waals surface area (Å²) in [5.41, 5.74) is 3.09. The van der Waals surface area contributed by atoms with E-state index in [9.17, 15) is 22.6 Å². The Balaban J connectivity index is 1.26. The van der Waals surface area contributed by atoms with Gasteiger partial charge in [0.1, 0.15) is 11.5 Å². The minimum Gasteiger partial charge on any atom is -0.479 e. The molecule has 6 rings (SSSR count). The first-order chi connectivity index (χ1) is 21.5. The fourth-order valence-electron chi connectivity index (χ4n) is 5.16. The quantitative estimate of drug-likeness (QED) is 0.277. The molecule has 0 aliphatic carbocycles. The number of carbonyl (C=O) groups excluding carboxylic acids is 2. The topological polar surface area (TPSA) is 121 Å². The van der Waals surface area contributed by atoms with Gasteiger partial charge in [-0.05, 0) is 48.9 Å². The van der Waals surface area contributed by atoms with E-state index < -0.39 is 28.7 Å². The molecule has 0 bridgehead atoms. The van der Waals surface area contributed by atoms with Gasteiger partial charge in [-0.25, -0.2) is 4.68 Å². The second-order valence-corrected chi connectivity index (χ2v) is 12.6.